The lowest BCUT2D eigenvalue weighted by molar-refractivity contribution is 0.281. The first-order valence-electron chi connectivity index (χ1n) is 5.92. The van der Waals surface area contributed by atoms with Crippen LogP contribution in [0.1, 0.15) is 32.3 Å². The van der Waals surface area contributed by atoms with E-state index in [2.05, 4.69) is 33.9 Å². The minimum Gasteiger partial charge on any atom is -0.466 e. The summed E-state index contributed by atoms with van der Waals surface area (Å²) >= 11 is 0. The van der Waals surface area contributed by atoms with Gasteiger partial charge in [0.1, 0.15) is 11.5 Å². The molecule has 0 N–H and O–H groups in total. The van der Waals surface area contributed by atoms with Crippen molar-refractivity contribution in [3.8, 4) is 0 Å². The molecule has 0 aromatic carbocycles. The number of furan rings is 1. The van der Waals surface area contributed by atoms with Crippen molar-refractivity contribution in [1.29, 1.82) is 0 Å². The fourth-order valence-corrected chi connectivity index (χ4v) is 2.29. The highest BCUT2D eigenvalue weighted by molar-refractivity contribution is 6.74. The molecular weight excluding hydrogens is 216 g/mol. The van der Waals surface area contributed by atoms with Gasteiger partial charge >= 0.3 is 0 Å². The third-order valence-corrected chi connectivity index (χ3v) is 7.95. The summed E-state index contributed by atoms with van der Waals surface area (Å²) in [5.41, 5.74) is 0. The maximum absolute atomic E-state index is 6.09. The van der Waals surface area contributed by atoms with Gasteiger partial charge in [-0.1, -0.05) is 20.8 Å². The summed E-state index contributed by atoms with van der Waals surface area (Å²) < 4.78 is 11.6. The molecule has 0 aliphatic rings. The molecule has 0 atom stereocenters. The highest BCUT2D eigenvalue weighted by Crippen LogP contribution is 2.36. The Hall–Kier alpha value is -0.543. The van der Waals surface area contributed by atoms with Crippen LogP contribution in [0.3, 0.4) is 0 Å². The Balaban J connectivity index is 2.41. The van der Waals surface area contributed by atoms with Crippen LogP contribution in [0.25, 0.3) is 0 Å². The summed E-state index contributed by atoms with van der Waals surface area (Å²) in [7, 11) is -1.59. The van der Waals surface area contributed by atoms with Crippen LogP contribution >= 0.6 is 0 Å². The molecule has 1 aromatic rings. The van der Waals surface area contributed by atoms with Crippen LogP contribution in [0.15, 0.2) is 16.5 Å². The second-order valence-corrected chi connectivity index (χ2v) is 10.7. The molecule has 1 rings (SSSR count). The van der Waals surface area contributed by atoms with Crippen molar-refractivity contribution in [1.82, 2.24) is 0 Å². The first-order chi connectivity index (χ1) is 7.22. The van der Waals surface area contributed by atoms with Crippen molar-refractivity contribution < 1.29 is 8.84 Å². The van der Waals surface area contributed by atoms with E-state index in [1.807, 2.05) is 19.1 Å². The molecule has 92 valence electrons. The van der Waals surface area contributed by atoms with Crippen molar-refractivity contribution in [3.05, 3.63) is 23.7 Å². The molecule has 1 aromatic heterocycles. The maximum Gasteiger partial charge on any atom is 0.191 e. The van der Waals surface area contributed by atoms with Gasteiger partial charge in [-0.05, 0) is 37.2 Å². The smallest absolute Gasteiger partial charge is 0.191 e. The van der Waals surface area contributed by atoms with Gasteiger partial charge in [0.25, 0.3) is 0 Å². The third-order valence-electron chi connectivity index (χ3n) is 3.41. The average Bonchev–Trinajstić information content (AvgIpc) is 2.49. The van der Waals surface area contributed by atoms with Crippen LogP contribution in [0.5, 0.6) is 0 Å². The fraction of sp³-hybridized carbons (Fsp3) is 0.692. The van der Waals surface area contributed by atoms with Gasteiger partial charge < -0.3 is 8.84 Å². The first-order valence-corrected chi connectivity index (χ1v) is 8.82. The molecule has 2 nitrogen and oxygen atoms in total. The van der Waals surface area contributed by atoms with E-state index in [9.17, 15) is 0 Å². The van der Waals surface area contributed by atoms with Crippen LogP contribution in [0, 0.1) is 6.92 Å². The normalized spacial score (nSPS) is 13.1. The summed E-state index contributed by atoms with van der Waals surface area (Å²) in [5.74, 6) is 2.00. The Morgan fingerprint density at radius 1 is 1.25 bits per heavy atom. The molecule has 0 radical (unpaired) electrons. The third kappa shape index (κ3) is 3.49. The quantitative estimate of drug-likeness (QED) is 0.738. The van der Waals surface area contributed by atoms with Crippen LogP contribution < -0.4 is 0 Å². The minimum atomic E-state index is -1.59. The van der Waals surface area contributed by atoms with E-state index in [1.165, 1.54) is 0 Å². The second-order valence-electron chi connectivity index (χ2n) is 5.87. The summed E-state index contributed by atoms with van der Waals surface area (Å²) in [6.07, 6.45) is 0.875. The molecule has 0 aliphatic carbocycles. The number of aryl methyl sites for hydroxylation is 1. The van der Waals surface area contributed by atoms with E-state index in [-0.39, 0.29) is 5.04 Å². The zero-order chi connectivity index (χ0) is 12.4. The zero-order valence-corrected chi connectivity index (χ0v) is 12.4. The second kappa shape index (κ2) is 4.76. The maximum atomic E-state index is 6.09. The lowest BCUT2D eigenvalue weighted by atomic mass is 10.2. The summed E-state index contributed by atoms with van der Waals surface area (Å²) in [5, 5.41) is 0.284. The molecule has 0 bridgehead atoms. The van der Waals surface area contributed by atoms with Gasteiger partial charge in [-0.2, -0.15) is 0 Å². The van der Waals surface area contributed by atoms with E-state index in [1.54, 1.807) is 0 Å². The summed E-state index contributed by atoms with van der Waals surface area (Å²) in [6, 6.07) is 4.03. The zero-order valence-electron chi connectivity index (χ0n) is 11.4. The van der Waals surface area contributed by atoms with Gasteiger partial charge in [0.15, 0.2) is 8.32 Å². The molecule has 0 spiro atoms. The Morgan fingerprint density at radius 2 is 1.88 bits per heavy atom. The summed E-state index contributed by atoms with van der Waals surface area (Å²) in [4.78, 5) is 0. The molecule has 16 heavy (non-hydrogen) atoms. The van der Waals surface area contributed by atoms with E-state index in [0.717, 1.165) is 24.5 Å². The number of hydrogen-bond donors (Lipinski definition) is 0. The fourth-order valence-electron chi connectivity index (χ4n) is 1.24. The topological polar surface area (TPSA) is 22.4 Å². The predicted octanol–water partition coefficient (Wildman–Crippen LogP) is 4.15. The Labute approximate surface area is 100 Å². The first kappa shape index (κ1) is 13.5. The molecule has 3 heteroatoms. The van der Waals surface area contributed by atoms with Crippen LogP contribution in [-0.4, -0.2) is 14.9 Å². The average molecular weight is 240 g/mol. The van der Waals surface area contributed by atoms with Crippen molar-refractivity contribution in [2.45, 2.75) is 52.2 Å². The molecule has 0 fully saturated rings. The number of hydrogen-bond acceptors (Lipinski definition) is 2. The summed E-state index contributed by atoms with van der Waals surface area (Å²) in [6.45, 7) is 14.1. The van der Waals surface area contributed by atoms with E-state index >= 15 is 0 Å². The lowest BCUT2D eigenvalue weighted by Gasteiger charge is -2.36. The SMILES string of the molecule is Cc1ccc(CCO[Si](C)(C)C(C)(C)C)o1. The molecule has 0 amide bonds. The predicted molar refractivity (Wildman–Crippen MR) is 70.3 cm³/mol. The highest BCUT2D eigenvalue weighted by atomic mass is 28.4. The largest absolute Gasteiger partial charge is 0.466 e. The van der Waals surface area contributed by atoms with Gasteiger partial charge in [-0.25, -0.2) is 0 Å². The molecule has 0 saturated heterocycles. The van der Waals surface area contributed by atoms with Crippen LogP contribution in [0.4, 0.5) is 0 Å². The Bertz CT molecular complexity index is 334. The standard InChI is InChI=1S/C13H24O2Si/c1-11-7-8-12(15-11)9-10-14-16(5,6)13(2,3)4/h7-8H,9-10H2,1-6H3. The van der Waals surface area contributed by atoms with Gasteiger partial charge in [0.2, 0.25) is 0 Å². The monoisotopic (exact) mass is 240 g/mol. The molecule has 0 aliphatic heterocycles. The van der Waals surface area contributed by atoms with E-state index in [4.69, 9.17) is 8.84 Å². The van der Waals surface area contributed by atoms with E-state index < -0.39 is 8.32 Å². The van der Waals surface area contributed by atoms with Gasteiger partial charge in [-0.3, -0.25) is 0 Å². The highest BCUT2D eigenvalue weighted by Gasteiger charge is 2.36. The Kier molecular flexibility index (Phi) is 4.02. The molecule has 0 unspecified atom stereocenters. The van der Waals surface area contributed by atoms with Crippen molar-refractivity contribution in [2.75, 3.05) is 6.61 Å². The van der Waals surface area contributed by atoms with Crippen LogP contribution in [0.2, 0.25) is 18.1 Å². The van der Waals surface area contributed by atoms with Gasteiger partial charge in [-0.15, -0.1) is 0 Å². The van der Waals surface area contributed by atoms with Crippen molar-refractivity contribution in [2.24, 2.45) is 0 Å². The van der Waals surface area contributed by atoms with Crippen LogP contribution in [-0.2, 0) is 10.8 Å². The molecule has 0 saturated carbocycles. The molecule has 1 heterocycles. The Morgan fingerprint density at radius 3 is 2.31 bits per heavy atom. The van der Waals surface area contributed by atoms with Crippen molar-refractivity contribution in [3.63, 3.8) is 0 Å². The van der Waals surface area contributed by atoms with E-state index in [0.29, 0.717) is 0 Å². The lowest BCUT2D eigenvalue weighted by Crippen LogP contribution is -2.41. The minimum absolute atomic E-state index is 0.284. The van der Waals surface area contributed by atoms with Crippen molar-refractivity contribution >= 4 is 8.32 Å². The van der Waals surface area contributed by atoms with Gasteiger partial charge in [0.05, 0.1) is 0 Å². The van der Waals surface area contributed by atoms with Gasteiger partial charge in [0, 0.05) is 13.0 Å². The number of rotatable bonds is 4. The molecular formula is C13H24O2Si.